The normalized spacial score (nSPS) is 11.7. The first kappa shape index (κ1) is 19.4. The number of rotatable bonds is 2. The van der Waals surface area contributed by atoms with Crippen LogP contribution in [0.5, 0.6) is 5.75 Å². The molecule has 1 N–H and O–H groups in total. The molecule has 3 aromatic rings. The third-order valence-electron chi connectivity index (χ3n) is 4.46. The Kier molecular flexibility index (Phi) is 5.05. The predicted molar refractivity (Wildman–Crippen MR) is 108 cm³/mol. The van der Waals surface area contributed by atoms with Gasteiger partial charge in [0.2, 0.25) is 0 Å². The molecule has 0 aliphatic carbocycles. The maximum atomic E-state index is 15.5. The lowest BCUT2D eigenvalue weighted by atomic mass is 9.94. The fourth-order valence-corrected chi connectivity index (χ4v) is 3.27. The summed E-state index contributed by atoms with van der Waals surface area (Å²) < 4.78 is 29.8. The van der Waals surface area contributed by atoms with Gasteiger partial charge in [-0.2, -0.15) is 0 Å². The lowest BCUT2D eigenvalue weighted by Gasteiger charge is -2.14. The molecular formula is C22H14ClF2N2O+. The highest BCUT2D eigenvalue weighted by Gasteiger charge is 2.23. The molecule has 0 saturated carbocycles. The Morgan fingerprint density at radius 1 is 1.29 bits per heavy atom. The van der Waals surface area contributed by atoms with Crippen LogP contribution in [0.2, 0.25) is 0 Å². The van der Waals surface area contributed by atoms with E-state index in [4.69, 9.17) is 24.6 Å². The van der Waals surface area contributed by atoms with Gasteiger partial charge in [0.05, 0.1) is 11.1 Å². The van der Waals surface area contributed by atoms with Crippen molar-refractivity contribution in [2.45, 2.75) is 13.8 Å². The summed E-state index contributed by atoms with van der Waals surface area (Å²) in [5, 5.41) is 10.8. The van der Waals surface area contributed by atoms with Crippen molar-refractivity contribution in [3.05, 3.63) is 68.8 Å². The Balaban J connectivity index is 2.47. The van der Waals surface area contributed by atoms with Crippen molar-refractivity contribution in [3.8, 4) is 35.9 Å². The minimum Gasteiger partial charge on any atom is -0.508 e. The number of aromatic hydroxyl groups is 1. The lowest BCUT2D eigenvalue weighted by molar-refractivity contribution is 0.476. The lowest BCUT2D eigenvalue weighted by Crippen LogP contribution is -2.01. The predicted octanol–water partition coefficient (Wildman–Crippen LogP) is 6.07. The first-order valence-electron chi connectivity index (χ1n) is 8.15. The van der Waals surface area contributed by atoms with E-state index in [9.17, 15) is 9.50 Å². The van der Waals surface area contributed by atoms with Crippen LogP contribution in [0.1, 0.15) is 23.6 Å². The van der Waals surface area contributed by atoms with Crippen molar-refractivity contribution in [1.29, 1.82) is 0 Å². The van der Waals surface area contributed by atoms with Gasteiger partial charge in [0.25, 0.3) is 6.57 Å². The van der Waals surface area contributed by atoms with Crippen molar-refractivity contribution in [2.75, 3.05) is 0 Å². The van der Waals surface area contributed by atoms with E-state index in [1.54, 1.807) is 13.8 Å². The number of halogens is 3. The van der Waals surface area contributed by atoms with Crippen molar-refractivity contribution >= 4 is 27.9 Å². The van der Waals surface area contributed by atoms with E-state index in [0.717, 1.165) is 0 Å². The molecule has 0 bridgehead atoms. The maximum absolute atomic E-state index is 15.5. The Morgan fingerprint density at radius 2 is 2.00 bits per heavy atom. The fourth-order valence-electron chi connectivity index (χ4n) is 3.17. The minimum absolute atomic E-state index is 0.0434. The van der Waals surface area contributed by atoms with Gasteiger partial charge in [-0.05, 0) is 47.8 Å². The van der Waals surface area contributed by atoms with Crippen molar-refractivity contribution in [1.82, 2.24) is 4.98 Å². The topological polar surface area (TPSA) is 37.5 Å². The number of pyridine rings is 1. The van der Waals surface area contributed by atoms with Gasteiger partial charge in [0.1, 0.15) is 17.3 Å². The molecule has 1 aromatic heterocycles. The number of fused-ring (bicyclic) bond motifs is 1. The summed E-state index contributed by atoms with van der Waals surface area (Å²) >= 11 is 5.97. The zero-order valence-corrected chi connectivity index (χ0v) is 15.8. The number of nitrogens with zero attached hydrogens (tertiary/aromatic N) is 2. The summed E-state index contributed by atoms with van der Waals surface area (Å²) in [6.45, 7) is 8.44. The number of aromatic nitrogens is 1. The number of aryl methyl sites for hydroxylation is 1. The van der Waals surface area contributed by atoms with Crippen LogP contribution in [0.3, 0.4) is 0 Å². The standard InChI is InChI=1S/C22H13ClF2N2O/c1-5-15-17(24)7-6-13-8-14(28)9-16(19(13)15)21-20(25)18(11(2)10-27-21)12(3)22(23)26-4/h1,4,6-10H,2-3H3/p+1/b22-12-. The van der Waals surface area contributed by atoms with Gasteiger partial charge in [0.15, 0.2) is 5.82 Å². The Bertz CT molecular complexity index is 1250. The molecule has 28 heavy (non-hydrogen) atoms. The van der Waals surface area contributed by atoms with Crippen LogP contribution >= 0.6 is 11.6 Å². The van der Waals surface area contributed by atoms with Gasteiger partial charge < -0.3 is 5.11 Å². The van der Waals surface area contributed by atoms with Crippen molar-refractivity contribution in [2.24, 2.45) is 0 Å². The second kappa shape index (κ2) is 7.31. The van der Waals surface area contributed by atoms with Gasteiger partial charge in [0, 0.05) is 34.3 Å². The van der Waals surface area contributed by atoms with E-state index >= 15 is 4.39 Å². The van der Waals surface area contributed by atoms with Crippen LogP contribution in [0.25, 0.3) is 32.4 Å². The monoisotopic (exact) mass is 395 g/mol. The molecule has 0 fully saturated rings. The van der Waals surface area contributed by atoms with Crippen LogP contribution in [-0.4, -0.2) is 10.1 Å². The number of terminal acetylenes is 1. The van der Waals surface area contributed by atoms with Gasteiger partial charge in [-0.25, -0.2) is 8.78 Å². The number of phenolic OH excluding ortho intramolecular Hbond substituents is 1. The molecule has 0 aliphatic rings. The molecular weight excluding hydrogens is 382 g/mol. The van der Waals surface area contributed by atoms with E-state index in [1.807, 2.05) is 0 Å². The number of benzene rings is 2. The second-order valence-electron chi connectivity index (χ2n) is 6.18. The maximum Gasteiger partial charge on any atom is 0.412 e. The summed E-state index contributed by atoms with van der Waals surface area (Å²) in [6, 6.07) is 5.36. The molecule has 1 heterocycles. The molecule has 6 heteroatoms. The molecule has 2 aromatic carbocycles. The van der Waals surface area contributed by atoms with Gasteiger partial charge in [-0.1, -0.05) is 12.0 Å². The zero-order valence-electron chi connectivity index (χ0n) is 15.0. The Hall–Kier alpha value is -3.41. The molecule has 3 nitrogen and oxygen atoms in total. The molecule has 0 amide bonds. The zero-order chi connectivity index (χ0) is 20.6. The van der Waals surface area contributed by atoms with E-state index < -0.39 is 11.6 Å². The van der Waals surface area contributed by atoms with Gasteiger partial charge in [-0.3, -0.25) is 4.98 Å². The van der Waals surface area contributed by atoms with Crippen molar-refractivity contribution in [3.63, 3.8) is 0 Å². The largest absolute Gasteiger partial charge is 0.508 e. The summed E-state index contributed by atoms with van der Waals surface area (Å²) in [4.78, 5) is 7.56. The summed E-state index contributed by atoms with van der Waals surface area (Å²) in [7, 11) is 0. The van der Waals surface area contributed by atoms with Crippen LogP contribution < -0.4 is 0 Å². The third-order valence-corrected chi connectivity index (χ3v) is 4.84. The average Bonchev–Trinajstić information content (AvgIpc) is 2.67. The fraction of sp³-hybridized carbons (Fsp3) is 0.0909. The van der Waals surface area contributed by atoms with Crippen LogP contribution in [0.4, 0.5) is 8.78 Å². The number of phenols is 1. The molecule has 138 valence electrons. The smallest absolute Gasteiger partial charge is 0.412 e. The summed E-state index contributed by atoms with van der Waals surface area (Å²) in [5.74, 6) is 0.819. The van der Waals surface area contributed by atoms with Crippen molar-refractivity contribution < 1.29 is 13.9 Å². The van der Waals surface area contributed by atoms with Crippen LogP contribution in [0.15, 0.2) is 35.6 Å². The van der Waals surface area contributed by atoms with E-state index in [2.05, 4.69) is 15.7 Å². The molecule has 0 spiro atoms. The Labute approximate surface area is 165 Å². The average molecular weight is 396 g/mol. The first-order valence-corrected chi connectivity index (χ1v) is 8.52. The Morgan fingerprint density at radius 3 is 2.64 bits per heavy atom. The summed E-state index contributed by atoms with van der Waals surface area (Å²) in [6.07, 6.45) is 6.93. The molecule has 3 rings (SSSR count). The number of hydrogen-bond donors (Lipinski definition) is 1. The summed E-state index contributed by atoms with van der Waals surface area (Å²) in [5.41, 5.74) is 1.00. The van der Waals surface area contributed by atoms with E-state index in [1.165, 1.54) is 30.5 Å². The molecule has 0 atom stereocenters. The minimum atomic E-state index is -0.710. The van der Waals surface area contributed by atoms with Crippen LogP contribution in [0, 0.1) is 37.5 Å². The highest BCUT2D eigenvalue weighted by atomic mass is 35.5. The van der Waals surface area contributed by atoms with Crippen LogP contribution in [-0.2, 0) is 0 Å². The number of allylic oxidation sites excluding steroid dienone is 1. The highest BCUT2D eigenvalue weighted by molar-refractivity contribution is 6.33. The van der Waals surface area contributed by atoms with E-state index in [-0.39, 0.29) is 38.7 Å². The molecule has 0 aliphatic heterocycles. The second-order valence-corrected chi connectivity index (χ2v) is 6.54. The molecule has 0 radical (unpaired) electrons. The number of hydrogen-bond acceptors (Lipinski definition) is 2. The quantitative estimate of drug-likeness (QED) is 0.422. The highest BCUT2D eigenvalue weighted by Crippen LogP contribution is 2.38. The third kappa shape index (κ3) is 3.07. The van der Waals surface area contributed by atoms with E-state index in [0.29, 0.717) is 16.5 Å². The molecule has 0 unspecified atom stereocenters. The molecule has 0 saturated heterocycles. The van der Waals surface area contributed by atoms with Gasteiger partial charge >= 0.3 is 5.16 Å². The van der Waals surface area contributed by atoms with Gasteiger partial charge in [-0.15, -0.1) is 6.42 Å². The first-order chi connectivity index (χ1) is 13.3. The SMILES string of the molecule is C#Cc1c(F)ccc2cc(O)cc(-c3ncc(C)c(/C(C)=C(/Cl)[N+]#C)c3F)c12.